The van der Waals surface area contributed by atoms with Crippen molar-refractivity contribution >= 4 is 0 Å². The lowest BCUT2D eigenvalue weighted by Gasteiger charge is -1.95. The van der Waals surface area contributed by atoms with E-state index in [0.717, 1.165) is 25.9 Å². The van der Waals surface area contributed by atoms with Gasteiger partial charge in [0.2, 0.25) is 0 Å². The summed E-state index contributed by atoms with van der Waals surface area (Å²) in [6, 6.07) is 0. The first kappa shape index (κ1) is 8.08. The fraction of sp³-hybridized carbons (Fsp3) is 0.500. The van der Waals surface area contributed by atoms with Crippen LogP contribution in [0.15, 0.2) is 0 Å². The van der Waals surface area contributed by atoms with E-state index in [2.05, 4.69) is 17.2 Å². The molecule has 0 atom stereocenters. The van der Waals surface area contributed by atoms with Gasteiger partial charge in [-0.15, -0.1) is 24.7 Å². The minimum atomic E-state index is 0.782. The van der Waals surface area contributed by atoms with Gasteiger partial charge in [0.25, 0.3) is 0 Å². The van der Waals surface area contributed by atoms with E-state index >= 15 is 0 Å². The van der Waals surface area contributed by atoms with Crippen LogP contribution in [-0.4, -0.2) is 13.1 Å². The van der Waals surface area contributed by atoms with Crippen LogP contribution in [0.25, 0.3) is 0 Å². The van der Waals surface area contributed by atoms with Gasteiger partial charge >= 0.3 is 0 Å². The normalized spacial score (nSPS) is 7.78. The SMILES string of the molecule is C#CCCNCCC#C. The molecular weight excluding hydrogens is 110 g/mol. The summed E-state index contributed by atoms with van der Waals surface area (Å²) in [5, 5.41) is 3.10. The Morgan fingerprint density at radius 2 is 1.44 bits per heavy atom. The van der Waals surface area contributed by atoms with Crippen LogP contribution in [0.4, 0.5) is 0 Å². The fourth-order valence-electron chi connectivity index (χ4n) is 0.446. The van der Waals surface area contributed by atoms with Gasteiger partial charge in [-0.25, -0.2) is 0 Å². The molecule has 0 heterocycles. The van der Waals surface area contributed by atoms with Crippen molar-refractivity contribution in [3.63, 3.8) is 0 Å². The summed E-state index contributed by atoms with van der Waals surface area (Å²) in [6.45, 7) is 1.75. The Labute approximate surface area is 56.8 Å². The second-order valence-corrected chi connectivity index (χ2v) is 1.66. The van der Waals surface area contributed by atoms with E-state index in [1.807, 2.05) is 0 Å². The molecule has 0 aromatic heterocycles. The van der Waals surface area contributed by atoms with Gasteiger partial charge in [-0.3, -0.25) is 0 Å². The molecule has 0 fully saturated rings. The predicted molar refractivity (Wildman–Crippen MR) is 39.8 cm³/mol. The Kier molecular flexibility index (Phi) is 6.36. The van der Waals surface area contributed by atoms with Crippen molar-refractivity contribution in [2.24, 2.45) is 0 Å². The largest absolute Gasteiger partial charge is 0.315 e. The van der Waals surface area contributed by atoms with Crippen molar-refractivity contribution in [3.8, 4) is 24.7 Å². The van der Waals surface area contributed by atoms with Crippen LogP contribution in [0.1, 0.15) is 12.8 Å². The highest BCUT2D eigenvalue weighted by Gasteiger charge is 1.80. The molecule has 0 unspecified atom stereocenters. The number of hydrogen-bond acceptors (Lipinski definition) is 1. The molecule has 0 amide bonds. The van der Waals surface area contributed by atoms with E-state index in [1.165, 1.54) is 0 Å². The Morgan fingerprint density at radius 3 is 1.78 bits per heavy atom. The number of hydrogen-bond donors (Lipinski definition) is 1. The lowest BCUT2D eigenvalue weighted by atomic mass is 10.4. The quantitative estimate of drug-likeness (QED) is 0.425. The first-order valence-electron chi connectivity index (χ1n) is 2.99. The van der Waals surface area contributed by atoms with Crippen molar-refractivity contribution in [3.05, 3.63) is 0 Å². The van der Waals surface area contributed by atoms with Gasteiger partial charge < -0.3 is 5.32 Å². The maximum Gasteiger partial charge on any atom is 0.0211 e. The van der Waals surface area contributed by atoms with Crippen molar-refractivity contribution in [2.75, 3.05) is 13.1 Å². The number of rotatable bonds is 4. The van der Waals surface area contributed by atoms with Crippen LogP contribution < -0.4 is 5.32 Å². The third-order valence-corrected chi connectivity index (χ3v) is 0.892. The molecule has 0 spiro atoms. The topological polar surface area (TPSA) is 12.0 Å². The van der Waals surface area contributed by atoms with E-state index in [4.69, 9.17) is 12.8 Å². The van der Waals surface area contributed by atoms with Crippen LogP contribution in [0.3, 0.4) is 0 Å². The van der Waals surface area contributed by atoms with Gasteiger partial charge in [0.1, 0.15) is 0 Å². The molecule has 0 bridgehead atoms. The Hall–Kier alpha value is -0.920. The minimum absolute atomic E-state index is 0.782. The van der Waals surface area contributed by atoms with Gasteiger partial charge in [-0.05, 0) is 0 Å². The molecule has 1 nitrogen and oxygen atoms in total. The Bertz CT molecular complexity index is 108. The lowest BCUT2D eigenvalue weighted by molar-refractivity contribution is 0.709. The van der Waals surface area contributed by atoms with Crippen LogP contribution in [-0.2, 0) is 0 Å². The summed E-state index contributed by atoms with van der Waals surface area (Å²) < 4.78 is 0. The van der Waals surface area contributed by atoms with E-state index < -0.39 is 0 Å². The smallest absolute Gasteiger partial charge is 0.0211 e. The summed E-state index contributed by atoms with van der Waals surface area (Å²) in [5.74, 6) is 5.06. The zero-order valence-corrected chi connectivity index (χ0v) is 5.48. The molecular formula is C8H11N. The highest BCUT2D eigenvalue weighted by molar-refractivity contribution is 4.86. The second-order valence-electron chi connectivity index (χ2n) is 1.66. The number of terminal acetylenes is 2. The van der Waals surface area contributed by atoms with Gasteiger partial charge in [0.15, 0.2) is 0 Å². The molecule has 0 aliphatic heterocycles. The average molecular weight is 121 g/mol. The maximum atomic E-state index is 5.01. The predicted octanol–water partition coefficient (Wildman–Crippen LogP) is 0.623. The molecule has 0 rings (SSSR count). The van der Waals surface area contributed by atoms with Gasteiger partial charge in [-0.1, -0.05) is 0 Å². The molecule has 0 saturated carbocycles. The van der Waals surface area contributed by atoms with Gasteiger partial charge in [0.05, 0.1) is 0 Å². The van der Waals surface area contributed by atoms with Crippen LogP contribution in [0, 0.1) is 24.7 Å². The van der Waals surface area contributed by atoms with E-state index in [1.54, 1.807) is 0 Å². The standard InChI is InChI=1S/C8H11N/c1-3-5-7-9-8-6-4-2/h1-2,9H,5-8H2. The summed E-state index contributed by atoms with van der Waals surface area (Å²) in [5.41, 5.74) is 0. The summed E-state index contributed by atoms with van der Waals surface area (Å²) in [7, 11) is 0. The lowest BCUT2D eigenvalue weighted by Crippen LogP contribution is -2.15. The van der Waals surface area contributed by atoms with Crippen LogP contribution in [0.2, 0.25) is 0 Å². The molecule has 0 aromatic carbocycles. The zero-order valence-electron chi connectivity index (χ0n) is 5.48. The summed E-state index contributed by atoms with van der Waals surface area (Å²) >= 11 is 0. The molecule has 0 saturated heterocycles. The molecule has 0 radical (unpaired) electrons. The van der Waals surface area contributed by atoms with Gasteiger partial charge in [-0.2, -0.15) is 0 Å². The Balaban J connectivity index is 2.79. The zero-order chi connectivity index (χ0) is 6.95. The van der Waals surface area contributed by atoms with Gasteiger partial charge in [0, 0.05) is 25.9 Å². The van der Waals surface area contributed by atoms with E-state index in [9.17, 15) is 0 Å². The van der Waals surface area contributed by atoms with Crippen LogP contribution >= 0.6 is 0 Å². The third-order valence-electron chi connectivity index (χ3n) is 0.892. The maximum absolute atomic E-state index is 5.01. The Morgan fingerprint density at radius 1 is 1.00 bits per heavy atom. The van der Waals surface area contributed by atoms with Crippen molar-refractivity contribution in [1.29, 1.82) is 0 Å². The number of nitrogens with one attached hydrogen (secondary N) is 1. The van der Waals surface area contributed by atoms with Crippen LogP contribution in [0.5, 0.6) is 0 Å². The molecule has 0 aliphatic carbocycles. The highest BCUT2D eigenvalue weighted by Crippen LogP contribution is 1.72. The van der Waals surface area contributed by atoms with E-state index in [-0.39, 0.29) is 0 Å². The van der Waals surface area contributed by atoms with Crippen molar-refractivity contribution in [1.82, 2.24) is 5.32 Å². The second kappa shape index (κ2) is 7.08. The third kappa shape index (κ3) is 7.08. The molecule has 1 N–H and O–H groups in total. The molecule has 0 aliphatic rings. The monoisotopic (exact) mass is 121 g/mol. The molecule has 0 aromatic rings. The minimum Gasteiger partial charge on any atom is -0.315 e. The van der Waals surface area contributed by atoms with Crippen molar-refractivity contribution < 1.29 is 0 Å². The first-order valence-corrected chi connectivity index (χ1v) is 2.99. The summed E-state index contributed by atoms with van der Waals surface area (Å²) in [4.78, 5) is 0. The van der Waals surface area contributed by atoms with E-state index in [0.29, 0.717) is 0 Å². The first-order chi connectivity index (χ1) is 4.41. The molecule has 9 heavy (non-hydrogen) atoms. The summed E-state index contributed by atoms with van der Waals surface area (Å²) in [6.07, 6.45) is 11.6. The molecule has 48 valence electrons. The fourth-order valence-corrected chi connectivity index (χ4v) is 0.446. The van der Waals surface area contributed by atoms with Crippen molar-refractivity contribution in [2.45, 2.75) is 12.8 Å². The molecule has 1 heteroatoms. The highest BCUT2D eigenvalue weighted by atomic mass is 14.8. The average Bonchev–Trinajstić information content (AvgIpc) is 1.89.